The number of guanidine groups is 1. The zero-order chi connectivity index (χ0) is 13.2. The second-order valence-corrected chi connectivity index (χ2v) is 4.53. The molecule has 1 heterocycles. The zero-order valence-corrected chi connectivity index (χ0v) is 11.7. The van der Waals surface area contributed by atoms with Gasteiger partial charge in [0.1, 0.15) is 0 Å². The molecule has 0 radical (unpaired) electrons. The lowest BCUT2D eigenvalue weighted by Crippen LogP contribution is -2.39. The summed E-state index contributed by atoms with van der Waals surface area (Å²) in [5.41, 5.74) is 0. The van der Waals surface area contributed by atoms with Gasteiger partial charge in [0, 0.05) is 39.1 Å². The van der Waals surface area contributed by atoms with Crippen LogP contribution in [0.5, 0.6) is 0 Å². The molecule has 0 bridgehead atoms. The first-order chi connectivity index (χ1) is 8.77. The third kappa shape index (κ3) is 5.38. The van der Waals surface area contributed by atoms with E-state index < -0.39 is 0 Å². The molecule has 0 spiro atoms. The highest BCUT2D eigenvalue weighted by molar-refractivity contribution is 5.81. The highest BCUT2D eigenvalue weighted by Crippen LogP contribution is 2.08. The zero-order valence-electron chi connectivity index (χ0n) is 11.7. The Morgan fingerprint density at radius 2 is 1.94 bits per heavy atom. The van der Waals surface area contributed by atoms with Gasteiger partial charge in [-0.25, -0.2) is 0 Å². The Kier molecular flexibility index (Phi) is 7.22. The van der Waals surface area contributed by atoms with Crippen LogP contribution in [0.1, 0.15) is 39.5 Å². The van der Waals surface area contributed by atoms with Crippen LogP contribution in [0.25, 0.3) is 0 Å². The fourth-order valence-electron chi connectivity index (χ4n) is 1.98. The topological polar surface area (TPSA) is 56.7 Å². The molecule has 5 heteroatoms. The van der Waals surface area contributed by atoms with Crippen molar-refractivity contribution in [2.45, 2.75) is 39.5 Å². The van der Waals surface area contributed by atoms with Gasteiger partial charge in [0.25, 0.3) is 0 Å². The van der Waals surface area contributed by atoms with E-state index in [2.05, 4.69) is 22.5 Å². The van der Waals surface area contributed by atoms with Crippen molar-refractivity contribution in [2.24, 2.45) is 4.99 Å². The van der Waals surface area contributed by atoms with Gasteiger partial charge in [0.2, 0.25) is 5.91 Å². The van der Waals surface area contributed by atoms with Crippen molar-refractivity contribution in [3.63, 3.8) is 0 Å². The molecule has 1 amide bonds. The van der Waals surface area contributed by atoms with Crippen LogP contribution in [0.2, 0.25) is 0 Å². The van der Waals surface area contributed by atoms with Gasteiger partial charge in [-0.1, -0.05) is 6.92 Å². The Morgan fingerprint density at radius 3 is 2.56 bits per heavy atom. The Balaban J connectivity index is 2.22. The van der Waals surface area contributed by atoms with Crippen molar-refractivity contribution in [2.75, 3.05) is 32.7 Å². The lowest BCUT2D eigenvalue weighted by Gasteiger charge is -2.16. The van der Waals surface area contributed by atoms with Crippen LogP contribution in [0.3, 0.4) is 0 Å². The van der Waals surface area contributed by atoms with E-state index in [0.29, 0.717) is 13.0 Å². The monoisotopic (exact) mass is 254 g/mol. The third-order valence-corrected chi connectivity index (χ3v) is 2.93. The lowest BCUT2D eigenvalue weighted by atomic mass is 10.3. The number of aliphatic imine (C=N–C) groups is 1. The number of hydrogen-bond acceptors (Lipinski definition) is 2. The van der Waals surface area contributed by atoms with E-state index in [4.69, 9.17) is 0 Å². The summed E-state index contributed by atoms with van der Waals surface area (Å²) in [6.45, 7) is 8.32. The molecule has 0 saturated carbocycles. The SMILES string of the molecule is CCCN=C(NCC)NCCC(=O)N1CCCC1. The molecule has 0 atom stereocenters. The summed E-state index contributed by atoms with van der Waals surface area (Å²) < 4.78 is 0. The summed E-state index contributed by atoms with van der Waals surface area (Å²) >= 11 is 0. The smallest absolute Gasteiger partial charge is 0.224 e. The van der Waals surface area contributed by atoms with Gasteiger partial charge in [-0.3, -0.25) is 9.79 Å². The van der Waals surface area contributed by atoms with E-state index in [1.807, 2.05) is 11.8 Å². The molecule has 18 heavy (non-hydrogen) atoms. The normalized spacial score (nSPS) is 15.9. The minimum Gasteiger partial charge on any atom is -0.357 e. The third-order valence-electron chi connectivity index (χ3n) is 2.93. The summed E-state index contributed by atoms with van der Waals surface area (Å²) in [7, 11) is 0. The maximum Gasteiger partial charge on any atom is 0.224 e. The second kappa shape index (κ2) is 8.78. The number of carbonyl (C=O) groups excluding carboxylic acids is 1. The van der Waals surface area contributed by atoms with Crippen molar-refractivity contribution in [1.29, 1.82) is 0 Å². The molecule has 1 saturated heterocycles. The predicted molar refractivity (Wildman–Crippen MR) is 74.7 cm³/mol. The maximum atomic E-state index is 11.8. The maximum absolute atomic E-state index is 11.8. The Labute approximate surface area is 110 Å². The molecule has 2 N–H and O–H groups in total. The van der Waals surface area contributed by atoms with Crippen LogP contribution in [-0.2, 0) is 4.79 Å². The van der Waals surface area contributed by atoms with Crippen LogP contribution in [0.15, 0.2) is 4.99 Å². The van der Waals surface area contributed by atoms with E-state index in [0.717, 1.165) is 51.4 Å². The van der Waals surface area contributed by atoms with Crippen molar-refractivity contribution in [3.8, 4) is 0 Å². The summed E-state index contributed by atoms with van der Waals surface area (Å²) in [5.74, 6) is 1.07. The van der Waals surface area contributed by atoms with Crippen LogP contribution in [0.4, 0.5) is 0 Å². The van der Waals surface area contributed by atoms with Crippen LogP contribution < -0.4 is 10.6 Å². The van der Waals surface area contributed by atoms with Crippen LogP contribution in [-0.4, -0.2) is 49.5 Å². The van der Waals surface area contributed by atoms with Crippen molar-refractivity contribution in [3.05, 3.63) is 0 Å². The first-order valence-corrected chi connectivity index (χ1v) is 7.07. The van der Waals surface area contributed by atoms with E-state index in [1.165, 1.54) is 0 Å². The van der Waals surface area contributed by atoms with E-state index in [1.54, 1.807) is 0 Å². The summed E-state index contributed by atoms with van der Waals surface area (Å²) in [4.78, 5) is 18.2. The van der Waals surface area contributed by atoms with Crippen LogP contribution >= 0.6 is 0 Å². The number of nitrogens with zero attached hydrogens (tertiary/aromatic N) is 2. The number of likely N-dealkylation sites (tertiary alicyclic amines) is 1. The molecular formula is C13H26N4O. The summed E-state index contributed by atoms with van der Waals surface area (Å²) in [5, 5.41) is 6.38. The van der Waals surface area contributed by atoms with Gasteiger partial charge >= 0.3 is 0 Å². The van der Waals surface area contributed by atoms with Gasteiger partial charge in [0.05, 0.1) is 0 Å². The molecule has 1 aliphatic rings. The molecule has 0 aromatic carbocycles. The Bertz CT molecular complexity index is 272. The minimum atomic E-state index is 0.256. The number of nitrogens with one attached hydrogen (secondary N) is 2. The number of carbonyl (C=O) groups is 1. The fourth-order valence-corrected chi connectivity index (χ4v) is 1.98. The lowest BCUT2D eigenvalue weighted by molar-refractivity contribution is -0.129. The quantitative estimate of drug-likeness (QED) is 0.548. The minimum absolute atomic E-state index is 0.256. The number of rotatable bonds is 6. The first kappa shape index (κ1) is 14.8. The molecule has 0 unspecified atom stereocenters. The molecule has 0 aromatic rings. The van der Waals surface area contributed by atoms with Gasteiger partial charge in [0.15, 0.2) is 5.96 Å². The number of amides is 1. The van der Waals surface area contributed by atoms with Gasteiger partial charge < -0.3 is 15.5 Å². The second-order valence-electron chi connectivity index (χ2n) is 4.53. The molecule has 0 aromatic heterocycles. The molecule has 0 aliphatic carbocycles. The van der Waals surface area contributed by atoms with Gasteiger partial charge in [-0.2, -0.15) is 0 Å². The van der Waals surface area contributed by atoms with Gasteiger partial charge in [-0.05, 0) is 26.2 Å². The average Bonchev–Trinajstić information content (AvgIpc) is 2.89. The molecule has 104 valence electrons. The molecule has 1 fully saturated rings. The van der Waals surface area contributed by atoms with Crippen molar-refractivity contribution in [1.82, 2.24) is 15.5 Å². The largest absolute Gasteiger partial charge is 0.357 e. The summed E-state index contributed by atoms with van der Waals surface area (Å²) in [6.07, 6.45) is 3.89. The van der Waals surface area contributed by atoms with Crippen LogP contribution in [0, 0.1) is 0 Å². The highest BCUT2D eigenvalue weighted by atomic mass is 16.2. The standard InChI is InChI=1S/C13H26N4O/c1-3-8-15-13(14-4-2)16-9-7-12(18)17-10-5-6-11-17/h3-11H2,1-2H3,(H2,14,15,16). The number of hydrogen-bond donors (Lipinski definition) is 2. The van der Waals surface area contributed by atoms with Crippen molar-refractivity contribution >= 4 is 11.9 Å². The van der Waals surface area contributed by atoms with Crippen molar-refractivity contribution < 1.29 is 4.79 Å². The fraction of sp³-hybridized carbons (Fsp3) is 0.846. The highest BCUT2D eigenvalue weighted by Gasteiger charge is 2.17. The van der Waals surface area contributed by atoms with E-state index in [-0.39, 0.29) is 5.91 Å². The molecule has 1 rings (SSSR count). The Morgan fingerprint density at radius 1 is 1.22 bits per heavy atom. The molecule has 1 aliphatic heterocycles. The predicted octanol–water partition coefficient (Wildman–Crippen LogP) is 0.964. The van der Waals surface area contributed by atoms with Gasteiger partial charge in [-0.15, -0.1) is 0 Å². The first-order valence-electron chi connectivity index (χ1n) is 7.07. The summed E-state index contributed by atoms with van der Waals surface area (Å²) in [6, 6.07) is 0. The molecular weight excluding hydrogens is 228 g/mol. The van der Waals surface area contributed by atoms with E-state index >= 15 is 0 Å². The Hall–Kier alpha value is -1.26. The average molecular weight is 254 g/mol. The molecule has 5 nitrogen and oxygen atoms in total. The van der Waals surface area contributed by atoms with E-state index in [9.17, 15) is 4.79 Å².